The molecule has 0 amide bonds. The number of hydrogen-bond acceptors (Lipinski definition) is 3. The van der Waals surface area contributed by atoms with E-state index in [0.29, 0.717) is 18.0 Å². The fourth-order valence-corrected chi connectivity index (χ4v) is 4.11. The molecule has 0 heterocycles. The molecule has 0 aliphatic heterocycles. The first kappa shape index (κ1) is 15.5. The predicted molar refractivity (Wildman–Crippen MR) is 78.9 cm³/mol. The Bertz CT molecular complexity index is 562. The Hall–Kier alpha value is -0.910. The zero-order valence-corrected chi connectivity index (χ0v) is 13.0. The van der Waals surface area contributed by atoms with Gasteiger partial charge in [0.05, 0.1) is 11.5 Å². The van der Waals surface area contributed by atoms with E-state index >= 15 is 0 Å². The SMILES string of the molecule is Cc1ccc(S(=O)(=O)N(C)CC2CCCC2)cc1CO. The van der Waals surface area contributed by atoms with Crippen LogP contribution < -0.4 is 0 Å². The second kappa shape index (κ2) is 6.24. The van der Waals surface area contributed by atoms with Gasteiger partial charge in [-0.05, 0) is 48.9 Å². The number of sulfonamides is 1. The number of hydrogen-bond donors (Lipinski definition) is 1. The van der Waals surface area contributed by atoms with Crippen LogP contribution in [0.5, 0.6) is 0 Å². The van der Waals surface area contributed by atoms with E-state index in [0.717, 1.165) is 18.4 Å². The molecule has 0 atom stereocenters. The van der Waals surface area contributed by atoms with Gasteiger partial charge in [0, 0.05) is 13.6 Å². The van der Waals surface area contributed by atoms with Crippen LogP contribution in [-0.2, 0) is 16.6 Å². The Morgan fingerprint density at radius 3 is 2.55 bits per heavy atom. The Morgan fingerprint density at radius 1 is 1.30 bits per heavy atom. The monoisotopic (exact) mass is 297 g/mol. The molecular weight excluding hydrogens is 274 g/mol. The van der Waals surface area contributed by atoms with Crippen LogP contribution in [0.4, 0.5) is 0 Å². The Morgan fingerprint density at radius 2 is 1.95 bits per heavy atom. The molecule has 5 heteroatoms. The summed E-state index contributed by atoms with van der Waals surface area (Å²) in [6.07, 6.45) is 4.65. The molecule has 1 saturated carbocycles. The van der Waals surface area contributed by atoms with Crippen LogP contribution in [0.1, 0.15) is 36.8 Å². The van der Waals surface area contributed by atoms with Crippen LogP contribution >= 0.6 is 0 Å². The molecule has 0 aromatic heterocycles. The molecule has 0 saturated heterocycles. The van der Waals surface area contributed by atoms with Crippen molar-refractivity contribution in [3.63, 3.8) is 0 Å². The molecular formula is C15H23NO3S. The van der Waals surface area contributed by atoms with Crippen LogP contribution in [0.25, 0.3) is 0 Å². The van der Waals surface area contributed by atoms with Gasteiger partial charge in [0.1, 0.15) is 0 Å². The third kappa shape index (κ3) is 3.22. The molecule has 2 rings (SSSR count). The van der Waals surface area contributed by atoms with Crippen LogP contribution in [-0.4, -0.2) is 31.4 Å². The second-order valence-corrected chi connectivity index (χ2v) is 7.73. The number of aryl methyl sites for hydroxylation is 1. The number of aliphatic hydroxyl groups is 1. The average Bonchev–Trinajstić information content (AvgIpc) is 2.91. The molecule has 0 bridgehead atoms. The quantitative estimate of drug-likeness (QED) is 0.907. The number of rotatable bonds is 5. The molecule has 1 aromatic carbocycles. The molecule has 0 radical (unpaired) electrons. The Labute approximate surface area is 121 Å². The van der Waals surface area contributed by atoms with Crippen molar-refractivity contribution in [2.24, 2.45) is 5.92 Å². The van der Waals surface area contributed by atoms with Crippen molar-refractivity contribution < 1.29 is 13.5 Å². The third-order valence-corrected chi connectivity index (χ3v) is 6.01. The summed E-state index contributed by atoms with van der Waals surface area (Å²) in [5.41, 5.74) is 1.57. The van der Waals surface area contributed by atoms with E-state index in [1.807, 2.05) is 6.92 Å². The van der Waals surface area contributed by atoms with E-state index in [9.17, 15) is 13.5 Å². The normalized spacial score (nSPS) is 17.0. The summed E-state index contributed by atoms with van der Waals surface area (Å²) >= 11 is 0. The van der Waals surface area contributed by atoms with Crippen molar-refractivity contribution in [2.45, 2.75) is 44.1 Å². The van der Waals surface area contributed by atoms with E-state index in [2.05, 4.69) is 0 Å². The lowest BCUT2D eigenvalue weighted by atomic mass is 10.1. The maximum Gasteiger partial charge on any atom is 0.242 e. The van der Waals surface area contributed by atoms with E-state index in [4.69, 9.17) is 0 Å². The highest BCUT2D eigenvalue weighted by Crippen LogP contribution is 2.27. The van der Waals surface area contributed by atoms with E-state index in [1.165, 1.54) is 17.1 Å². The molecule has 1 aliphatic rings. The summed E-state index contributed by atoms with van der Waals surface area (Å²) < 4.78 is 26.5. The van der Waals surface area contributed by atoms with Gasteiger partial charge in [-0.25, -0.2) is 12.7 Å². The van der Waals surface area contributed by atoms with Gasteiger partial charge in [-0.2, -0.15) is 0 Å². The first-order valence-corrected chi connectivity index (χ1v) is 8.56. The van der Waals surface area contributed by atoms with Gasteiger partial charge < -0.3 is 5.11 Å². The number of nitrogens with zero attached hydrogens (tertiary/aromatic N) is 1. The molecule has 1 aromatic rings. The van der Waals surface area contributed by atoms with Crippen molar-refractivity contribution in [1.82, 2.24) is 4.31 Å². The van der Waals surface area contributed by atoms with Crippen molar-refractivity contribution in [3.8, 4) is 0 Å². The van der Waals surface area contributed by atoms with E-state index in [1.54, 1.807) is 25.2 Å². The zero-order valence-electron chi connectivity index (χ0n) is 12.2. The minimum Gasteiger partial charge on any atom is -0.392 e. The maximum atomic E-state index is 12.5. The fraction of sp³-hybridized carbons (Fsp3) is 0.600. The summed E-state index contributed by atoms with van der Waals surface area (Å²) in [7, 11) is -1.81. The Kier molecular flexibility index (Phi) is 4.83. The van der Waals surface area contributed by atoms with Crippen molar-refractivity contribution in [2.75, 3.05) is 13.6 Å². The summed E-state index contributed by atoms with van der Waals surface area (Å²) in [5.74, 6) is 0.484. The van der Waals surface area contributed by atoms with Gasteiger partial charge >= 0.3 is 0 Å². The van der Waals surface area contributed by atoms with Gasteiger partial charge in [0.2, 0.25) is 10.0 Å². The molecule has 20 heavy (non-hydrogen) atoms. The Balaban J connectivity index is 2.20. The second-order valence-electron chi connectivity index (χ2n) is 5.68. The fourth-order valence-electron chi connectivity index (χ4n) is 2.81. The minimum atomic E-state index is -3.45. The molecule has 0 unspecified atom stereocenters. The molecule has 0 spiro atoms. The van der Waals surface area contributed by atoms with Crippen LogP contribution in [0, 0.1) is 12.8 Å². The minimum absolute atomic E-state index is 0.137. The van der Waals surface area contributed by atoms with Crippen LogP contribution in [0.2, 0.25) is 0 Å². The summed E-state index contributed by atoms with van der Waals surface area (Å²) in [6, 6.07) is 4.95. The van der Waals surface area contributed by atoms with Crippen molar-refractivity contribution >= 4 is 10.0 Å². The summed E-state index contributed by atoms with van der Waals surface area (Å²) in [5, 5.41) is 9.27. The highest BCUT2D eigenvalue weighted by atomic mass is 32.2. The molecule has 1 fully saturated rings. The molecule has 1 aliphatic carbocycles. The summed E-state index contributed by atoms with van der Waals surface area (Å²) in [4.78, 5) is 0.271. The topological polar surface area (TPSA) is 57.6 Å². The van der Waals surface area contributed by atoms with Crippen molar-refractivity contribution in [1.29, 1.82) is 0 Å². The van der Waals surface area contributed by atoms with Gasteiger partial charge in [-0.1, -0.05) is 18.9 Å². The highest BCUT2D eigenvalue weighted by molar-refractivity contribution is 7.89. The largest absolute Gasteiger partial charge is 0.392 e. The van der Waals surface area contributed by atoms with Gasteiger partial charge in [-0.3, -0.25) is 0 Å². The lowest BCUT2D eigenvalue weighted by Gasteiger charge is -2.21. The third-order valence-electron chi connectivity index (χ3n) is 4.19. The first-order valence-electron chi connectivity index (χ1n) is 7.12. The number of benzene rings is 1. The zero-order chi connectivity index (χ0) is 14.8. The predicted octanol–water partition coefficient (Wildman–Crippen LogP) is 2.30. The molecule has 1 N–H and O–H groups in total. The summed E-state index contributed by atoms with van der Waals surface area (Å²) in [6.45, 7) is 2.32. The molecule has 112 valence electrons. The van der Waals surface area contributed by atoms with E-state index < -0.39 is 10.0 Å². The van der Waals surface area contributed by atoms with Gasteiger partial charge in [0.15, 0.2) is 0 Å². The smallest absolute Gasteiger partial charge is 0.242 e. The highest BCUT2D eigenvalue weighted by Gasteiger charge is 2.25. The lowest BCUT2D eigenvalue weighted by molar-refractivity contribution is 0.280. The molecule has 4 nitrogen and oxygen atoms in total. The van der Waals surface area contributed by atoms with E-state index in [-0.39, 0.29) is 11.5 Å². The lowest BCUT2D eigenvalue weighted by Crippen LogP contribution is -2.31. The van der Waals surface area contributed by atoms with Crippen molar-refractivity contribution in [3.05, 3.63) is 29.3 Å². The van der Waals surface area contributed by atoms with Crippen LogP contribution in [0.3, 0.4) is 0 Å². The maximum absolute atomic E-state index is 12.5. The average molecular weight is 297 g/mol. The van der Waals surface area contributed by atoms with Gasteiger partial charge in [0.25, 0.3) is 0 Å². The van der Waals surface area contributed by atoms with Crippen LogP contribution in [0.15, 0.2) is 23.1 Å². The standard InChI is InChI=1S/C15H23NO3S/c1-12-7-8-15(9-14(12)11-17)20(18,19)16(2)10-13-5-3-4-6-13/h7-9,13,17H,3-6,10-11H2,1-2H3. The first-order chi connectivity index (χ1) is 9.45. The number of aliphatic hydroxyl groups excluding tert-OH is 1. The van der Waals surface area contributed by atoms with Gasteiger partial charge in [-0.15, -0.1) is 0 Å².